The van der Waals surface area contributed by atoms with Crippen LogP contribution in [-0.4, -0.2) is 22.7 Å². The predicted octanol–water partition coefficient (Wildman–Crippen LogP) is -0.218. The van der Waals surface area contributed by atoms with Crippen LogP contribution in [-0.2, 0) is 11.3 Å². The highest BCUT2D eigenvalue weighted by molar-refractivity contribution is 5.91. The Labute approximate surface area is 81.2 Å². The number of phenolic OH excluding ortho intramolecular Hbond substituents is 1. The second-order valence-corrected chi connectivity index (χ2v) is 2.75. The van der Waals surface area contributed by atoms with Gasteiger partial charge < -0.3 is 21.3 Å². The van der Waals surface area contributed by atoms with E-state index in [1.807, 2.05) is 0 Å². The van der Waals surface area contributed by atoms with Gasteiger partial charge in [-0.05, 0) is 6.07 Å². The second-order valence-electron chi connectivity index (χ2n) is 2.75. The standard InChI is InChI=1S/C9H12N2O3/c10-4-6-1-2-7(3-8(6)13)11-9(14)5-12/h1-3,12-13H,4-5,10H2,(H,11,14). The van der Waals surface area contributed by atoms with Crippen LogP contribution in [0.15, 0.2) is 18.2 Å². The molecule has 0 atom stereocenters. The monoisotopic (exact) mass is 196 g/mol. The first-order valence-electron chi connectivity index (χ1n) is 4.10. The van der Waals surface area contributed by atoms with Gasteiger partial charge in [0.15, 0.2) is 0 Å². The summed E-state index contributed by atoms with van der Waals surface area (Å²) in [5.74, 6) is -0.492. The summed E-state index contributed by atoms with van der Waals surface area (Å²) >= 11 is 0. The Morgan fingerprint density at radius 3 is 2.71 bits per heavy atom. The normalized spacial score (nSPS) is 9.86. The van der Waals surface area contributed by atoms with E-state index in [0.29, 0.717) is 11.3 Å². The summed E-state index contributed by atoms with van der Waals surface area (Å²) < 4.78 is 0. The molecule has 1 aromatic rings. The number of aliphatic hydroxyl groups is 1. The molecule has 1 amide bonds. The Kier molecular flexibility index (Phi) is 3.44. The molecule has 5 N–H and O–H groups in total. The van der Waals surface area contributed by atoms with E-state index in [1.54, 1.807) is 12.1 Å². The lowest BCUT2D eigenvalue weighted by molar-refractivity contribution is -0.118. The molecule has 0 aliphatic rings. The van der Waals surface area contributed by atoms with Crippen molar-refractivity contribution in [3.63, 3.8) is 0 Å². The summed E-state index contributed by atoms with van der Waals surface area (Å²) in [6.45, 7) is -0.348. The van der Waals surface area contributed by atoms with Crippen molar-refractivity contribution in [3.05, 3.63) is 23.8 Å². The molecule has 14 heavy (non-hydrogen) atoms. The summed E-state index contributed by atoms with van der Waals surface area (Å²) in [4.78, 5) is 10.8. The maximum atomic E-state index is 10.8. The number of carbonyl (C=O) groups excluding carboxylic acids is 1. The number of anilines is 1. The van der Waals surface area contributed by atoms with Gasteiger partial charge in [0, 0.05) is 23.9 Å². The zero-order chi connectivity index (χ0) is 10.6. The smallest absolute Gasteiger partial charge is 0.250 e. The molecule has 0 heterocycles. The lowest BCUT2D eigenvalue weighted by Gasteiger charge is -2.06. The van der Waals surface area contributed by atoms with Gasteiger partial charge >= 0.3 is 0 Å². The van der Waals surface area contributed by atoms with Crippen LogP contribution < -0.4 is 11.1 Å². The zero-order valence-electron chi connectivity index (χ0n) is 7.53. The Balaban J connectivity index is 2.81. The minimum Gasteiger partial charge on any atom is -0.508 e. The van der Waals surface area contributed by atoms with Crippen molar-refractivity contribution in [2.45, 2.75) is 6.54 Å². The molecule has 0 saturated heterocycles. The first kappa shape index (κ1) is 10.5. The molecule has 0 radical (unpaired) electrons. The molecular weight excluding hydrogens is 184 g/mol. The molecule has 0 aliphatic heterocycles. The zero-order valence-corrected chi connectivity index (χ0v) is 7.53. The first-order chi connectivity index (χ1) is 6.67. The van der Waals surface area contributed by atoms with E-state index in [2.05, 4.69) is 5.32 Å². The van der Waals surface area contributed by atoms with Gasteiger partial charge in [-0.25, -0.2) is 0 Å². The number of nitrogens with one attached hydrogen (secondary N) is 1. The number of aromatic hydroxyl groups is 1. The molecule has 0 aliphatic carbocycles. The number of amides is 1. The molecule has 0 saturated carbocycles. The third-order valence-electron chi connectivity index (χ3n) is 1.73. The van der Waals surface area contributed by atoms with Crippen LogP contribution >= 0.6 is 0 Å². The molecule has 1 rings (SSSR count). The second kappa shape index (κ2) is 4.59. The van der Waals surface area contributed by atoms with Crippen LogP contribution in [0.5, 0.6) is 5.75 Å². The van der Waals surface area contributed by atoms with Crippen molar-refractivity contribution in [1.82, 2.24) is 0 Å². The molecule has 0 fully saturated rings. The largest absolute Gasteiger partial charge is 0.508 e. The van der Waals surface area contributed by atoms with Gasteiger partial charge in [0.25, 0.3) is 0 Å². The van der Waals surface area contributed by atoms with Crippen LogP contribution in [0.1, 0.15) is 5.56 Å². The fourth-order valence-corrected chi connectivity index (χ4v) is 1.01. The van der Waals surface area contributed by atoms with E-state index in [-0.39, 0.29) is 12.3 Å². The van der Waals surface area contributed by atoms with E-state index in [4.69, 9.17) is 10.8 Å². The third kappa shape index (κ3) is 2.45. The van der Waals surface area contributed by atoms with Crippen molar-refractivity contribution < 1.29 is 15.0 Å². The van der Waals surface area contributed by atoms with E-state index < -0.39 is 12.5 Å². The predicted molar refractivity (Wildman–Crippen MR) is 51.7 cm³/mol. The van der Waals surface area contributed by atoms with Gasteiger partial charge in [0.05, 0.1) is 0 Å². The van der Waals surface area contributed by atoms with Gasteiger partial charge in [-0.1, -0.05) is 6.07 Å². The third-order valence-corrected chi connectivity index (χ3v) is 1.73. The molecule has 5 heteroatoms. The molecule has 0 bridgehead atoms. The number of aliphatic hydroxyl groups excluding tert-OH is 1. The lowest BCUT2D eigenvalue weighted by Crippen LogP contribution is -2.15. The van der Waals surface area contributed by atoms with Crippen LogP contribution in [0.2, 0.25) is 0 Å². The maximum absolute atomic E-state index is 10.8. The Hall–Kier alpha value is -1.59. The summed E-state index contributed by atoms with van der Waals surface area (Å²) in [7, 11) is 0. The van der Waals surface area contributed by atoms with Gasteiger partial charge in [0.2, 0.25) is 5.91 Å². The van der Waals surface area contributed by atoms with Gasteiger partial charge in [-0.2, -0.15) is 0 Å². The molecule has 0 unspecified atom stereocenters. The van der Waals surface area contributed by atoms with Crippen molar-refractivity contribution in [3.8, 4) is 5.75 Å². The van der Waals surface area contributed by atoms with Crippen LogP contribution in [0.25, 0.3) is 0 Å². The Morgan fingerprint density at radius 2 is 2.21 bits per heavy atom. The first-order valence-corrected chi connectivity index (χ1v) is 4.10. The summed E-state index contributed by atoms with van der Waals surface area (Å²) in [5.41, 5.74) is 6.37. The minimum absolute atomic E-state index is 0.0308. The van der Waals surface area contributed by atoms with Crippen LogP contribution in [0.3, 0.4) is 0 Å². The number of nitrogens with two attached hydrogens (primary N) is 1. The molecular formula is C9H12N2O3. The Morgan fingerprint density at radius 1 is 1.50 bits per heavy atom. The molecule has 76 valence electrons. The SMILES string of the molecule is NCc1ccc(NC(=O)CO)cc1O. The molecule has 5 nitrogen and oxygen atoms in total. The average molecular weight is 196 g/mol. The van der Waals surface area contributed by atoms with Crippen LogP contribution in [0, 0.1) is 0 Å². The fraction of sp³-hybridized carbons (Fsp3) is 0.222. The Bertz CT molecular complexity index is 339. The highest BCUT2D eigenvalue weighted by Gasteiger charge is 2.03. The minimum atomic E-state index is -0.584. The number of phenols is 1. The lowest BCUT2D eigenvalue weighted by atomic mass is 10.2. The average Bonchev–Trinajstić information content (AvgIpc) is 2.18. The van der Waals surface area contributed by atoms with Crippen molar-refractivity contribution >= 4 is 11.6 Å². The summed E-state index contributed by atoms with van der Waals surface area (Å²) in [5, 5.41) is 20.2. The number of carbonyl (C=O) groups is 1. The van der Waals surface area contributed by atoms with Gasteiger partial charge in [0.1, 0.15) is 12.4 Å². The van der Waals surface area contributed by atoms with E-state index in [0.717, 1.165) is 0 Å². The molecule has 0 spiro atoms. The highest BCUT2D eigenvalue weighted by atomic mass is 16.3. The van der Waals surface area contributed by atoms with E-state index in [1.165, 1.54) is 6.07 Å². The number of hydrogen-bond donors (Lipinski definition) is 4. The molecule has 1 aromatic carbocycles. The van der Waals surface area contributed by atoms with Crippen molar-refractivity contribution in [1.29, 1.82) is 0 Å². The van der Waals surface area contributed by atoms with Crippen molar-refractivity contribution in [2.75, 3.05) is 11.9 Å². The molecule has 0 aromatic heterocycles. The van der Waals surface area contributed by atoms with Crippen LogP contribution in [0.4, 0.5) is 5.69 Å². The van der Waals surface area contributed by atoms with E-state index >= 15 is 0 Å². The summed E-state index contributed by atoms with van der Waals surface area (Å²) in [6, 6.07) is 4.60. The van der Waals surface area contributed by atoms with E-state index in [9.17, 15) is 9.90 Å². The maximum Gasteiger partial charge on any atom is 0.250 e. The highest BCUT2D eigenvalue weighted by Crippen LogP contribution is 2.21. The summed E-state index contributed by atoms with van der Waals surface area (Å²) in [6.07, 6.45) is 0. The van der Waals surface area contributed by atoms with Crippen molar-refractivity contribution in [2.24, 2.45) is 5.73 Å². The van der Waals surface area contributed by atoms with Gasteiger partial charge in [-0.3, -0.25) is 4.79 Å². The fourth-order valence-electron chi connectivity index (χ4n) is 1.01. The number of benzene rings is 1. The number of rotatable bonds is 3. The quantitative estimate of drug-likeness (QED) is 0.537. The number of hydrogen-bond acceptors (Lipinski definition) is 4. The van der Waals surface area contributed by atoms with Gasteiger partial charge in [-0.15, -0.1) is 0 Å². The topological polar surface area (TPSA) is 95.6 Å².